The van der Waals surface area contributed by atoms with E-state index in [9.17, 15) is 9.18 Å². The third-order valence-electron chi connectivity index (χ3n) is 3.41. The molecule has 0 saturated heterocycles. The van der Waals surface area contributed by atoms with Crippen LogP contribution >= 0.6 is 0 Å². The molecule has 2 aromatic rings. The summed E-state index contributed by atoms with van der Waals surface area (Å²) in [6, 6.07) is 12.0. The summed E-state index contributed by atoms with van der Waals surface area (Å²) in [6.07, 6.45) is 0. The van der Waals surface area contributed by atoms with Gasteiger partial charge in [0.25, 0.3) is 0 Å². The van der Waals surface area contributed by atoms with Crippen molar-refractivity contribution in [2.75, 3.05) is 11.9 Å². The molecule has 0 heterocycles. The smallest absolute Gasteiger partial charge is 0.238 e. The Bertz CT molecular complexity index is 623. The Morgan fingerprint density at radius 1 is 1.10 bits per heavy atom. The van der Waals surface area contributed by atoms with E-state index in [4.69, 9.17) is 0 Å². The molecule has 1 amide bonds. The van der Waals surface area contributed by atoms with Gasteiger partial charge in [0.05, 0.1) is 6.54 Å². The van der Waals surface area contributed by atoms with Gasteiger partial charge in [0.2, 0.25) is 5.91 Å². The molecule has 21 heavy (non-hydrogen) atoms. The standard InChI is InChI=1S/C17H19FN2O/c1-12-4-3-5-16(13(12)2)20-17(21)11-19-10-14-6-8-15(18)9-7-14/h3-9,19H,10-11H2,1-2H3,(H,20,21). The minimum absolute atomic E-state index is 0.0918. The average molecular weight is 286 g/mol. The van der Waals surface area contributed by atoms with Crippen LogP contribution in [0.3, 0.4) is 0 Å². The Morgan fingerprint density at radius 3 is 2.52 bits per heavy atom. The molecule has 0 aromatic heterocycles. The van der Waals surface area contributed by atoms with E-state index in [0.717, 1.165) is 22.4 Å². The topological polar surface area (TPSA) is 41.1 Å². The van der Waals surface area contributed by atoms with Gasteiger partial charge in [-0.05, 0) is 48.7 Å². The summed E-state index contributed by atoms with van der Waals surface area (Å²) in [7, 11) is 0. The number of carbonyl (C=O) groups is 1. The fourth-order valence-electron chi connectivity index (χ4n) is 2.00. The van der Waals surface area contributed by atoms with Gasteiger partial charge in [0.1, 0.15) is 5.82 Å². The van der Waals surface area contributed by atoms with Crippen molar-refractivity contribution in [2.24, 2.45) is 0 Å². The van der Waals surface area contributed by atoms with Crippen molar-refractivity contribution >= 4 is 11.6 Å². The van der Waals surface area contributed by atoms with Gasteiger partial charge in [-0.25, -0.2) is 4.39 Å². The van der Waals surface area contributed by atoms with Gasteiger partial charge in [0.15, 0.2) is 0 Å². The first-order chi connectivity index (χ1) is 10.1. The summed E-state index contributed by atoms with van der Waals surface area (Å²) in [5.74, 6) is -0.350. The number of amides is 1. The molecule has 0 aliphatic carbocycles. The van der Waals surface area contributed by atoms with Gasteiger partial charge in [-0.15, -0.1) is 0 Å². The zero-order valence-corrected chi connectivity index (χ0v) is 12.2. The van der Waals surface area contributed by atoms with Crippen LogP contribution in [0, 0.1) is 19.7 Å². The van der Waals surface area contributed by atoms with Crippen molar-refractivity contribution in [2.45, 2.75) is 20.4 Å². The first-order valence-electron chi connectivity index (χ1n) is 6.87. The van der Waals surface area contributed by atoms with Gasteiger partial charge < -0.3 is 10.6 Å². The van der Waals surface area contributed by atoms with Gasteiger partial charge >= 0.3 is 0 Å². The summed E-state index contributed by atoms with van der Waals surface area (Å²) in [5, 5.41) is 5.93. The monoisotopic (exact) mass is 286 g/mol. The van der Waals surface area contributed by atoms with Crippen LogP contribution in [-0.4, -0.2) is 12.5 Å². The van der Waals surface area contributed by atoms with Crippen molar-refractivity contribution in [1.82, 2.24) is 5.32 Å². The third-order valence-corrected chi connectivity index (χ3v) is 3.41. The van der Waals surface area contributed by atoms with Gasteiger partial charge in [0, 0.05) is 12.2 Å². The molecular formula is C17H19FN2O. The normalized spacial score (nSPS) is 10.4. The molecular weight excluding hydrogens is 267 g/mol. The van der Waals surface area contributed by atoms with Crippen molar-refractivity contribution in [3.63, 3.8) is 0 Å². The Morgan fingerprint density at radius 2 is 1.81 bits per heavy atom. The van der Waals surface area contributed by atoms with Crippen molar-refractivity contribution in [1.29, 1.82) is 0 Å². The lowest BCUT2D eigenvalue weighted by molar-refractivity contribution is -0.115. The molecule has 0 aliphatic rings. The zero-order valence-electron chi connectivity index (χ0n) is 12.2. The molecule has 0 atom stereocenters. The second-order valence-electron chi connectivity index (χ2n) is 5.03. The maximum Gasteiger partial charge on any atom is 0.238 e. The molecule has 2 N–H and O–H groups in total. The summed E-state index contributed by atoms with van der Waals surface area (Å²) in [4.78, 5) is 11.9. The van der Waals surface area contributed by atoms with Gasteiger partial charge in [-0.2, -0.15) is 0 Å². The van der Waals surface area contributed by atoms with E-state index in [1.165, 1.54) is 12.1 Å². The van der Waals surface area contributed by atoms with E-state index < -0.39 is 0 Å². The Hall–Kier alpha value is -2.20. The molecule has 2 rings (SSSR count). The number of hydrogen-bond acceptors (Lipinski definition) is 2. The number of halogens is 1. The molecule has 0 fully saturated rings. The van der Waals surface area contributed by atoms with Crippen LogP contribution in [0.2, 0.25) is 0 Å². The van der Waals surface area contributed by atoms with Crippen LogP contribution in [0.5, 0.6) is 0 Å². The number of aryl methyl sites for hydroxylation is 1. The number of anilines is 1. The third kappa shape index (κ3) is 4.39. The lowest BCUT2D eigenvalue weighted by Gasteiger charge is -2.11. The minimum atomic E-state index is -0.258. The number of nitrogens with one attached hydrogen (secondary N) is 2. The van der Waals surface area contributed by atoms with Crippen molar-refractivity contribution in [3.05, 3.63) is 65.0 Å². The fraction of sp³-hybridized carbons (Fsp3) is 0.235. The van der Waals surface area contributed by atoms with E-state index in [0.29, 0.717) is 6.54 Å². The largest absolute Gasteiger partial charge is 0.325 e. The second-order valence-corrected chi connectivity index (χ2v) is 5.03. The Balaban J connectivity index is 1.82. The lowest BCUT2D eigenvalue weighted by atomic mass is 10.1. The minimum Gasteiger partial charge on any atom is -0.325 e. The molecule has 4 heteroatoms. The molecule has 110 valence electrons. The van der Waals surface area contributed by atoms with Gasteiger partial charge in [-0.1, -0.05) is 24.3 Å². The Kier molecular flexibility index (Phi) is 5.06. The number of hydrogen-bond donors (Lipinski definition) is 2. The fourth-order valence-corrected chi connectivity index (χ4v) is 2.00. The molecule has 0 aliphatic heterocycles. The number of rotatable bonds is 5. The SMILES string of the molecule is Cc1cccc(NC(=O)CNCc2ccc(F)cc2)c1C. The molecule has 2 aromatic carbocycles. The van der Waals surface area contributed by atoms with Crippen LogP contribution in [0.4, 0.5) is 10.1 Å². The maximum absolute atomic E-state index is 12.8. The van der Waals surface area contributed by atoms with Crippen LogP contribution in [0.15, 0.2) is 42.5 Å². The van der Waals surface area contributed by atoms with Crippen LogP contribution in [0.1, 0.15) is 16.7 Å². The average Bonchev–Trinajstić information content (AvgIpc) is 2.46. The van der Waals surface area contributed by atoms with E-state index in [1.54, 1.807) is 12.1 Å². The highest BCUT2D eigenvalue weighted by molar-refractivity contribution is 5.93. The van der Waals surface area contributed by atoms with E-state index in [2.05, 4.69) is 10.6 Å². The van der Waals surface area contributed by atoms with E-state index in [-0.39, 0.29) is 18.3 Å². The number of carbonyl (C=O) groups excluding carboxylic acids is 1. The Labute approximate surface area is 124 Å². The lowest BCUT2D eigenvalue weighted by Crippen LogP contribution is -2.28. The highest BCUT2D eigenvalue weighted by Gasteiger charge is 2.05. The van der Waals surface area contributed by atoms with Crippen molar-refractivity contribution in [3.8, 4) is 0 Å². The van der Waals surface area contributed by atoms with E-state index in [1.807, 2.05) is 32.0 Å². The summed E-state index contributed by atoms with van der Waals surface area (Å²) in [6.45, 7) is 4.74. The first-order valence-corrected chi connectivity index (χ1v) is 6.87. The summed E-state index contributed by atoms with van der Waals surface area (Å²) in [5.41, 5.74) is 4.00. The molecule has 3 nitrogen and oxygen atoms in total. The molecule has 0 radical (unpaired) electrons. The number of benzene rings is 2. The molecule has 0 unspecified atom stereocenters. The van der Waals surface area contributed by atoms with Crippen LogP contribution < -0.4 is 10.6 Å². The predicted molar refractivity (Wildman–Crippen MR) is 82.7 cm³/mol. The molecule has 0 spiro atoms. The highest BCUT2D eigenvalue weighted by atomic mass is 19.1. The van der Waals surface area contributed by atoms with Gasteiger partial charge in [-0.3, -0.25) is 4.79 Å². The van der Waals surface area contributed by atoms with Crippen molar-refractivity contribution < 1.29 is 9.18 Å². The first kappa shape index (κ1) is 15.2. The maximum atomic E-state index is 12.8. The highest BCUT2D eigenvalue weighted by Crippen LogP contribution is 2.17. The summed E-state index contributed by atoms with van der Waals surface area (Å²) < 4.78 is 12.8. The quantitative estimate of drug-likeness (QED) is 0.886. The molecule has 0 bridgehead atoms. The predicted octanol–water partition coefficient (Wildman–Crippen LogP) is 3.17. The molecule has 0 saturated carbocycles. The van der Waals surface area contributed by atoms with Crippen LogP contribution in [-0.2, 0) is 11.3 Å². The second kappa shape index (κ2) is 6.99. The zero-order chi connectivity index (χ0) is 15.2. The van der Waals surface area contributed by atoms with E-state index >= 15 is 0 Å². The summed E-state index contributed by atoms with van der Waals surface area (Å²) >= 11 is 0. The van der Waals surface area contributed by atoms with Crippen LogP contribution in [0.25, 0.3) is 0 Å².